The molecule has 1 heterocycles. The van der Waals surface area contributed by atoms with Crippen molar-refractivity contribution in [1.82, 2.24) is 10.9 Å². The Bertz CT molecular complexity index is 641. The highest BCUT2D eigenvalue weighted by molar-refractivity contribution is 5.80. The van der Waals surface area contributed by atoms with Gasteiger partial charge in [-0.3, -0.25) is 20.3 Å². The largest absolute Gasteiger partial charge is 0.380 e. The first-order valence-corrected chi connectivity index (χ1v) is 7.46. The molecule has 3 rings (SSSR count). The molecule has 4 atom stereocenters. The van der Waals surface area contributed by atoms with E-state index in [1.54, 1.807) is 0 Å². The van der Waals surface area contributed by atoms with Crippen LogP contribution in [0.5, 0.6) is 0 Å². The Balaban J connectivity index is 1.69. The minimum absolute atomic E-state index is 0.0178. The van der Waals surface area contributed by atoms with Crippen molar-refractivity contribution in [3.05, 3.63) is 34.1 Å². The van der Waals surface area contributed by atoms with E-state index in [4.69, 9.17) is 5.73 Å². The van der Waals surface area contributed by atoms with Gasteiger partial charge < -0.3 is 11.1 Å². The molecule has 1 amide bonds. The Labute approximate surface area is 131 Å². The number of carbonyl (C=O) groups excluding carboxylic acids is 1. The number of amides is 1. The zero-order valence-electron chi connectivity index (χ0n) is 12.3. The number of primary amides is 1. The van der Waals surface area contributed by atoms with Crippen LogP contribution in [-0.4, -0.2) is 29.0 Å². The zero-order chi connectivity index (χ0) is 16.6. The third kappa shape index (κ3) is 3.10. The number of hydrogen-bond donors (Lipinski definition) is 4. The van der Waals surface area contributed by atoms with Crippen LogP contribution in [0.25, 0.3) is 0 Å². The van der Waals surface area contributed by atoms with Crippen molar-refractivity contribution in [1.29, 1.82) is 0 Å². The molecule has 1 aromatic rings. The monoisotopic (exact) mass is 323 g/mol. The standard InChI is InChI=1S/C14H18FN5O3/c15-10-6-8(20(22)23)2-4-12(10)17-7-1-3-11-9(5-7)13(14(16)21)19-18-11/h2,4,6-7,9,11,13,17-19H,1,3,5H2,(H2,16,21). The summed E-state index contributed by atoms with van der Waals surface area (Å²) in [4.78, 5) is 21.5. The third-order valence-electron chi connectivity index (χ3n) is 4.58. The number of anilines is 1. The average molecular weight is 323 g/mol. The number of nitrogens with zero attached hydrogens (tertiary/aromatic N) is 1. The molecular weight excluding hydrogens is 305 g/mol. The molecule has 2 fully saturated rings. The Morgan fingerprint density at radius 3 is 2.83 bits per heavy atom. The molecule has 9 heteroatoms. The molecule has 1 aliphatic heterocycles. The number of nitro benzene ring substituents is 1. The fourth-order valence-electron chi connectivity index (χ4n) is 3.42. The maximum Gasteiger partial charge on any atom is 0.272 e. The van der Waals surface area contributed by atoms with Gasteiger partial charge in [0.2, 0.25) is 5.91 Å². The van der Waals surface area contributed by atoms with Gasteiger partial charge in [0.15, 0.2) is 5.82 Å². The summed E-state index contributed by atoms with van der Waals surface area (Å²) in [6.45, 7) is 0. The van der Waals surface area contributed by atoms with Gasteiger partial charge in [-0.1, -0.05) is 0 Å². The molecule has 0 aromatic heterocycles. The fraction of sp³-hybridized carbons (Fsp3) is 0.500. The van der Waals surface area contributed by atoms with Crippen molar-refractivity contribution in [2.24, 2.45) is 11.7 Å². The Morgan fingerprint density at radius 2 is 2.17 bits per heavy atom. The van der Waals surface area contributed by atoms with E-state index in [0.717, 1.165) is 18.9 Å². The number of hydrogen-bond acceptors (Lipinski definition) is 6. The highest BCUT2D eigenvalue weighted by atomic mass is 19.1. The van der Waals surface area contributed by atoms with E-state index in [1.807, 2.05) is 0 Å². The molecule has 23 heavy (non-hydrogen) atoms. The topological polar surface area (TPSA) is 122 Å². The maximum absolute atomic E-state index is 14.0. The summed E-state index contributed by atoms with van der Waals surface area (Å²) in [5.41, 5.74) is 11.3. The van der Waals surface area contributed by atoms with Crippen molar-refractivity contribution in [2.45, 2.75) is 37.4 Å². The summed E-state index contributed by atoms with van der Waals surface area (Å²) < 4.78 is 14.0. The van der Waals surface area contributed by atoms with E-state index in [9.17, 15) is 19.3 Å². The Morgan fingerprint density at radius 1 is 1.39 bits per heavy atom. The fourth-order valence-corrected chi connectivity index (χ4v) is 3.42. The lowest BCUT2D eigenvalue weighted by Crippen LogP contribution is -2.44. The summed E-state index contributed by atoms with van der Waals surface area (Å²) >= 11 is 0. The molecule has 0 bridgehead atoms. The molecule has 0 spiro atoms. The summed E-state index contributed by atoms with van der Waals surface area (Å²) in [7, 11) is 0. The summed E-state index contributed by atoms with van der Waals surface area (Å²) in [5.74, 6) is -1.03. The number of nitrogens with one attached hydrogen (secondary N) is 3. The first-order valence-electron chi connectivity index (χ1n) is 7.46. The van der Waals surface area contributed by atoms with E-state index in [0.29, 0.717) is 6.42 Å². The number of nitro groups is 1. The van der Waals surface area contributed by atoms with Gasteiger partial charge in [-0.25, -0.2) is 9.82 Å². The van der Waals surface area contributed by atoms with E-state index >= 15 is 0 Å². The number of fused-ring (bicyclic) bond motifs is 1. The van der Waals surface area contributed by atoms with Crippen molar-refractivity contribution >= 4 is 17.3 Å². The van der Waals surface area contributed by atoms with E-state index in [-0.39, 0.29) is 29.4 Å². The molecule has 8 nitrogen and oxygen atoms in total. The van der Waals surface area contributed by atoms with Crippen molar-refractivity contribution in [3.63, 3.8) is 0 Å². The van der Waals surface area contributed by atoms with Crippen molar-refractivity contribution in [2.75, 3.05) is 5.32 Å². The number of halogens is 1. The molecule has 4 unspecified atom stereocenters. The van der Waals surface area contributed by atoms with Gasteiger partial charge >= 0.3 is 0 Å². The van der Waals surface area contributed by atoms with Crippen LogP contribution in [0.4, 0.5) is 15.8 Å². The number of non-ortho nitro benzene ring substituents is 1. The van der Waals surface area contributed by atoms with Gasteiger partial charge in [-0.15, -0.1) is 0 Å². The highest BCUT2D eigenvalue weighted by Gasteiger charge is 2.42. The Kier molecular flexibility index (Phi) is 4.14. The van der Waals surface area contributed by atoms with Crippen molar-refractivity contribution in [3.8, 4) is 0 Å². The first kappa shape index (κ1) is 15.6. The summed E-state index contributed by atoms with van der Waals surface area (Å²) in [6, 6.07) is 3.26. The normalized spacial score (nSPS) is 29.8. The SMILES string of the molecule is NC(=O)C1NNC2CCC(Nc3ccc([N+](=O)[O-])cc3F)CC21. The maximum atomic E-state index is 14.0. The lowest BCUT2D eigenvalue weighted by molar-refractivity contribution is -0.385. The predicted octanol–water partition coefficient (Wildman–Crippen LogP) is 0.645. The lowest BCUT2D eigenvalue weighted by Gasteiger charge is -2.33. The van der Waals surface area contributed by atoms with Crippen LogP contribution in [0.2, 0.25) is 0 Å². The van der Waals surface area contributed by atoms with E-state index < -0.39 is 22.7 Å². The van der Waals surface area contributed by atoms with Gasteiger partial charge in [-0.05, 0) is 25.3 Å². The average Bonchev–Trinajstić information content (AvgIpc) is 2.92. The number of carbonyl (C=O) groups is 1. The third-order valence-corrected chi connectivity index (χ3v) is 4.58. The zero-order valence-corrected chi connectivity index (χ0v) is 12.3. The van der Waals surface area contributed by atoms with Crippen LogP contribution in [0.15, 0.2) is 18.2 Å². The molecule has 1 aliphatic carbocycles. The van der Waals surface area contributed by atoms with Crippen LogP contribution >= 0.6 is 0 Å². The number of hydrazine groups is 1. The van der Waals surface area contributed by atoms with Gasteiger partial charge in [-0.2, -0.15) is 0 Å². The molecule has 1 saturated carbocycles. The minimum Gasteiger partial charge on any atom is -0.380 e. The lowest BCUT2D eigenvalue weighted by atomic mass is 9.79. The molecule has 2 aliphatic rings. The van der Waals surface area contributed by atoms with Crippen LogP contribution in [0, 0.1) is 21.8 Å². The number of nitrogens with two attached hydrogens (primary N) is 1. The second-order valence-corrected chi connectivity index (χ2v) is 6.01. The molecule has 1 saturated heterocycles. The van der Waals surface area contributed by atoms with E-state index in [2.05, 4.69) is 16.2 Å². The summed E-state index contributed by atoms with van der Waals surface area (Å²) in [6.07, 6.45) is 2.29. The smallest absolute Gasteiger partial charge is 0.272 e. The van der Waals surface area contributed by atoms with Gasteiger partial charge in [0.25, 0.3) is 5.69 Å². The molecule has 1 aromatic carbocycles. The van der Waals surface area contributed by atoms with Crippen LogP contribution in [0.3, 0.4) is 0 Å². The second kappa shape index (κ2) is 6.09. The first-order chi connectivity index (χ1) is 11.0. The van der Waals surface area contributed by atoms with Crippen LogP contribution < -0.4 is 21.9 Å². The van der Waals surface area contributed by atoms with Crippen LogP contribution in [0.1, 0.15) is 19.3 Å². The van der Waals surface area contributed by atoms with E-state index in [1.165, 1.54) is 12.1 Å². The Hall–Kier alpha value is -2.26. The quantitative estimate of drug-likeness (QED) is 0.476. The molecule has 124 valence electrons. The number of benzene rings is 1. The van der Waals surface area contributed by atoms with Gasteiger partial charge in [0.1, 0.15) is 6.04 Å². The van der Waals surface area contributed by atoms with Gasteiger partial charge in [0, 0.05) is 24.1 Å². The summed E-state index contributed by atoms with van der Waals surface area (Å²) in [5, 5.41) is 13.7. The molecular formula is C14H18FN5O3. The van der Waals surface area contributed by atoms with Crippen molar-refractivity contribution < 1.29 is 14.1 Å². The number of rotatable bonds is 4. The molecule has 5 N–H and O–H groups in total. The second-order valence-electron chi connectivity index (χ2n) is 6.01. The van der Waals surface area contributed by atoms with Gasteiger partial charge in [0.05, 0.1) is 16.7 Å². The van der Waals surface area contributed by atoms with Crippen LogP contribution in [-0.2, 0) is 4.79 Å². The predicted molar refractivity (Wildman–Crippen MR) is 80.8 cm³/mol. The minimum atomic E-state index is -0.657. The molecule has 0 radical (unpaired) electrons. The highest BCUT2D eigenvalue weighted by Crippen LogP contribution is 2.32.